The summed E-state index contributed by atoms with van der Waals surface area (Å²) < 4.78 is 20.8. The highest BCUT2D eigenvalue weighted by Crippen LogP contribution is 2.20. The van der Waals surface area contributed by atoms with Gasteiger partial charge in [0.05, 0.1) is 6.54 Å². The third kappa shape index (κ3) is 4.13. The minimum Gasteiger partial charge on any atom is -0.377 e. The van der Waals surface area contributed by atoms with Crippen molar-refractivity contribution in [2.45, 2.75) is 39.8 Å². The zero-order valence-corrected chi connectivity index (χ0v) is 16.6. The fourth-order valence-electron chi connectivity index (χ4n) is 3.27. The highest BCUT2D eigenvalue weighted by atomic mass is 28.4. The van der Waals surface area contributed by atoms with Gasteiger partial charge in [-0.3, -0.25) is 0 Å². The zero-order chi connectivity index (χ0) is 17.7. The van der Waals surface area contributed by atoms with Gasteiger partial charge in [0, 0.05) is 27.4 Å². The molecule has 0 spiro atoms. The summed E-state index contributed by atoms with van der Waals surface area (Å²) in [5, 5.41) is 0. The van der Waals surface area contributed by atoms with E-state index >= 15 is 0 Å². The first-order valence-corrected chi connectivity index (χ1v) is 10.2. The molecular formula is C18H29N2O3Si+. The average molecular weight is 350 g/mol. The molecule has 0 amide bonds. The summed E-state index contributed by atoms with van der Waals surface area (Å²) >= 11 is 0. The number of nitrogens with zero attached hydrogens (tertiary/aromatic N) is 2. The van der Waals surface area contributed by atoms with Crippen molar-refractivity contribution in [1.29, 1.82) is 0 Å². The molecule has 0 aliphatic carbocycles. The van der Waals surface area contributed by atoms with Crippen LogP contribution in [0.2, 0.25) is 6.04 Å². The van der Waals surface area contributed by atoms with Gasteiger partial charge in [-0.2, -0.15) is 0 Å². The van der Waals surface area contributed by atoms with E-state index in [0.717, 1.165) is 19.0 Å². The molecule has 0 saturated heterocycles. The lowest BCUT2D eigenvalue weighted by Crippen LogP contribution is -2.43. The Kier molecular flexibility index (Phi) is 6.34. The maximum Gasteiger partial charge on any atom is 0.500 e. The third-order valence-electron chi connectivity index (χ3n) is 4.42. The molecule has 5 nitrogen and oxygen atoms in total. The molecule has 2 aromatic rings. The molecule has 2 rings (SSSR count). The van der Waals surface area contributed by atoms with Crippen molar-refractivity contribution in [3.63, 3.8) is 0 Å². The van der Waals surface area contributed by atoms with Gasteiger partial charge in [0.15, 0.2) is 0 Å². The third-order valence-corrected chi connectivity index (χ3v) is 7.25. The van der Waals surface area contributed by atoms with Gasteiger partial charge in [0.25, 0.3) is 0 Å². The van der Waals surface area contributed by atoms with Gasteiger partial charge < -0.3 is 13.3 Å². The summed E-state index contributed by atoms with van der Waals surface area (Å²) in [5.41, 5.74) is 5.14. The Labute approximate surface area is 146 Å². The van der Waals surface area contributed by atoms with E-state index in [1.165, 1.54) is 22.4 Å². The average Bonchev–Trinajstić information content (AvgIpc) is 2.99. The van der Waals surface area contributed by atoms with Gasteiger partial charge in [-0.1, -0.05) is 17.7 Å². The molecule has 24 heavy (non-hydrogen) atoms. The van der Waals surface area contributed by atoms with Crippen LogP contribution in [0.3, 0.4) is 0 Å². The van der Waals surface area contributed by atoms with E-state index in [4.69, 9.17) is 13.3 Å². The highest BCUT2D eigenvalue weighted by molar-refractivity contribution is 6.60. The number of benzene rings is 1. The summed E-state index contributed by atoms with van der Waals surface area (Å²) in [4.78, 5) is 0. The Bertz CT molecular complexity index is 649. The van der Waals surface area contributed by atoms with Crippen molar-refractivity contribution in [3.8, 4) is 5.69 Å². The number of imidazole rings is 1. The second kappa shape index (κ2) is 8.07. The highest BCUT2D eigenvalue weighted by Gasteiger charge is 2.37. The lowest BCUT2D eigenvalue weighted by molar-refractivity contribution is -0.696. The van der Waals surface area contributed by atoms with Crippen LogP contribution in [-0.2, 0) is 19.8 Å². The molecule has 0 atom stereocenters. The van der Waals surface area contributed by atoms with Gasteiger partial charge in [0.1, 0.15) is 18.1 Å². The quantitative estimate of drug-likeness (QED) is 0.543. The maximum atomic E-state index is 5.47. The van der Waals surface area contributed by atoms with Crippen LogP contribution in [0.5, 0.6) is 0 Å². The Morgan fingerprint density at radius 1 is 1.00 bits per heavy atom. The molecule has 0 N–H and O–H groups in total. The first-order chi connectivity index (χ1) is 11.4. The van der Waals surface area contributed by atoms with Crippen LogP contribution in [0.15, 0.2) is 30.9 Å². The molecule has 1 heterocycles. The van der Waals surface area contributed by atoms with Crippen molar-refractivity contribution < 1.29 is 17.8 Å². The smallest absolute Gasteiger partial charge is 0.377 e. The van der Waals surface area contributed by atoms with E-state index in [0.29, 0.717) is 0 Å². The first-order valence-electron chi connectivity index (χ1n) is 8.25. The van der Waals surface area contributed by atoms with E-state index in [-0.39, 0.29) is 0 Å². The van der Waals surface area contributed by atoms with Crippen molar-refractivity contribution in [2.24, 2.45) is 0 Å². The van der Waals surface area contributed by atoms with Gasteiger partial charge in [0.2, 0.25) is 6.33 Å². The molecule has 0 saturated carbocycles. The summed E-state index contributed by atoms with van der Waals surface area (Å²) in [6.45, 7) is 7.36. The minimum absolute atomic E-state index is 0.803. The summed E-state index contributed by atoms with van der Waals surface area (Å²) in [7, 11) is 2.50. The van der Waals surface area contributed by atoms with Crippen LogP contribution in [0.25, 0.3) is 5.69 Å². The van der Waals surface area contributed by atoms with Crippen molar-refractivity contribution in [3.05, 3.63) is 47.5 Å². The van der Waals surface area contributed by atoms with Crippen LogP contribution in [0, 0.1) is 20.8 Å². The second-order valence-corrected chi connectivity index (χ2v) is 9.30. The molecule has 0 bridgehead atoms. The Balaban J connectivity index is 2.07. The van der Waals surface area contributed by atoms with Crippen LogP contribution in [0.1, 0.15) is 23.1 Å². The van der Waals surface area contributed by atoms with Crippen molar-refractivity contribution >= 4 is 8.80 Å². The van der Waals surface area contributed by atoms with E-state index in [1.54, 1.807) is 21.3 Å². The molecule has 1 aromatic carbocycles. The molecule has 132 valence electrons. The molecular weight excluding hydrogens is 320 g/mol. The monoisotopic (exact) mass is 349 g/mol. The summed E-state index contributed by atoms with van der Waals surface area (Å²) in [6.07, 6.45) is 7.30. The predicted molar refractivity (Wildman–Crippen MR) is 96.4 cm³/mol. The largest absolute Gasteiger partial charge is 0.500 e. The lowest BCUT2D eigenvalue weighted by Gasteiger charge is -2.23. The Morgan fingerprint density at radius 3 is 2.12 bits per heavy atom. The summed E-state index contributed by atoms with van der Waals surface area (Å²) in [5.74, 6) is 0. The molecule has 6 heteroatoms. The van der Waals surface area contributed by atoms with Crippen LogP contribution < -0.4 is 4.57 Å². The molecule has 0 aliphatic rings. The number of hydrogen-bond acceptors (Lipinski definition) is 3. The molecule has 0 radical (unpaired) electrons. The summed E-state index contributed by atoms with van der Waals surface area (Å²) in [6, 6.07) is 5.25. The van der Waals surface area contributed by atoms with E-state index in [9.17, 15) is 0 Å². The van der Waals surface area contributed by atoms with Crippen LogP contribution in [0.4, 0.5) is 0 Å². The predicted octanol–water partition coefficient (Wildman–Crippen LogP) is 2.96. The first kappa shape index (κ1) is 18.9. The standard InChI is InChI=1S/C18H29N2O3Si/c1-15-12-16(2)18(17(3)13-15)20-10-9-19(14-20)8-7-11-24(21-4,22-5)23-6/h9-10,12-14H,7-8,11H2,1-6H3/q+1. The zero-order valence-electron chi connectivity index (χ0n) is 15.6. The second-order valence-electron chi connectivity index (χ2n) is 6.20. The number of rotatable bonds is 8. The number of aromatic nitrogens is 2. The fraction of sp³-hybridized carbons (Fsp3) is 0.500. The minimum atomic E-state index is -2.47. The lowest BCUT2D eigenvalue weighted by atomic mass is 10.1. The van der Waals surface area contributed by atoms with Crippen LogP contribution in [-0.4, -0.2) is 34.7 Å². The van der Waals surface area contributed by atoms with E-state index in [1.807, 2.05) is 0 Å². The fourth-order valence-corrected chi connectivity index (χ4v) is 4.98. The Morgan fingerprint density at radius 2 is 1.58 bits per heavy atom. The molecule has 0 unspecified atom stereocenters. The number of aryl methyl sites for hydroxylation is 4. The molecule has 1 aromatic heterocycles. The van der Waals surface area contributed by atoms with Gasteiger partial charge in [-0.05, 0) is 38.3 Å². The van der Waals surface area contributed by atoms with E-state index in [2.05, 4.69) is 60.8 Å². The maximum absolute atomic E-state index is 5.47. The van der Waals surface area contributed by atoms with Crippen molar-refractivity contribution in [1.82, 2.24) is 4.57 Å². The normalized spacial score (nSPS) is 11.9. The molecule has 0 fully saturated rings. The van der Waals surface area contributed by atoms with Gasteiger partial charge in [-0.15, -0.1) is 0 Å². The topological polar surface area (TPSA) is 36.5 Å². The molecule has 0 aliphatic heterocycles. The van der Waals surface area contributed by atoms with Crippen LogP contribution >= 0.6 is 0 Å². The van der Waals surface area contributed by atoms with Crippen molar-refractivity contribution in [2.75, 3.05) is 21.3 Å². The SMILES string of the molecule is CO[Si](CCC[n+]1ccn(-c2c(C)cc(C)cc2C)c1)(OC)OC. The van der Waals surface area contributed by atoms with E-state index < -0.39 is 8.80 Å². The van der Waals surface area contributed by atoms with Gasteiger partial charge >= 0.3 is 8.80 Å². The Hall–Kier alpha value is -1.47. The number of hydrogen-bond donors (Lipinski definition) is 0. The van der Waals surface area contributed by atoms with Gasteiger partial charge in [-0.25, -0.2) is 9.13 Å².